The normalized spacial score (nSPS) is 10.7. The summed E-state index contributed by atoms with van der Waals surface area (Å²) in [6.07, 6.45) is 0. The zero-order valence-corrected chi connectivity index (χ0v) is 17.1. The quantitative estimate of drug-likeness (QED) is 0.577. The maximum atomic E-state index is 9.09. The third-order valence-corrected chi connectivity index (χ3v) is 5.31. The summed E-state index contributed by atoms with van der Waals surface area (Å²) in [6.45, 7) is 9.22. The van der Waals surface area contributed by atoms with Crippen LogP contribution in [0.5, 0.6) is 0 Å². The standard InChI is InChI=1S/C22H23ClN4/c1-6-27-16(4)22(15(3)25-27)17-8-7-14(2)21(11-17)26(5)19-10-9-18(13-24)20(23)12-19/h7-12H,6H2,1-5H3. The second kappa shape index (κ2) is 7.46. The largest absolute Gasteiger partial charge is 0.344 e. The molecule has 3 rings (SSSR count). The lowest BCUT2D eigenvalue weighted by atomic mass is 10.0. The van der Waals surface area contributed by atoms with E-state index in [1.807, 2.05) is 23.9 Å². The van der Waals surface area contributed by atoms with Crippen molar-refractivity contribution in [3.05, 3.63) is 63.9 Å². The molecule has 0 spiro atoms. The Bertz CT molecular complexity index is 1040. The molecule has 0 aliphatic carbocycles. The molecular formula is C22H23ClN4. The first-order valence-corrected chi connectivity index (χ1v) is 9.33. The van der Waals surface area contributed by atoms with Crippen molar-refractivity contribution in [1.82, 2.24) is 9.78 Å². The summed E-state index contributed by atoms with van der Waals surface area (Å²) in [7, 11) is 2.01. The Morgan fingerprint density at radius 1 is 1.15 bits per heavy atom. The number of aryl methyl sites for hydroxylation is 3. The van der Waals surface area contributed by atoms with Crippen LogP contribution in [0.4, 0.5) is 11.4 Å². The van der Waals surface area contributed by atoms with Crippen molar-refractivity contribution in [1.29, 1.82) is 5.26 Å². The summed E-state index contributed by atoms with van der Waals surface area (Å²) in [6, 6.07) is 14.1. The number of nitrogens with zero attached hydrogens (tertiary/aromatic N) is 4. The van der Waals surface area contributed by atoms with E-state index in [9.17, 15) is 0 Å². The number of hydrogen-bond donors (Lipinski definition) is 0. The average Bonchev–Trinajstić information content (AvgIpc) is 2.95. The number of halogens is 1. The lowest BCUT2D eigenvalue weighted by Gasteiger charge is -2.23. The highest BCUT2D eigenvalue weighted by atomic mass is 35.5. The van der Waals surface area contributed by atoms with E-state index in [0.29, 0.717) is 10.6 Å². The van der Waals surface area contributed by atoms with Crippen LogP contribution in [0.25, 0.3) is 11.1 Å². The molecule has 0 aliphatic rings. The molecule has 0 saturated carbocycles. The third kappa shape index (κ3) is 3.43. The molecule has 3 aromatic rings. The van der Waals surface area contributed by atoms with Crippen molar-refractivity contribution < 1.29 is 0 Å². The van der Waals surface area contributed by atoms with Crippen LogP contribution in [-0.4, -0.2) is 16.8 Å². The molecule has 0 aliphatic heterocycles. The molecule has 4 nitrogen and oxygen atoms in total. The van der Waals surface area contributed by atoms with Crippen LogP contribution >= 0.6 is 11.6 Å². The van der Waals surface area contributed by atoms with Gasteiger partial charge in [0, 0.05) is 36.2 Å². The zero-order chi connectivity index (χ0) is 19.7. The maximum absolute atomic E-state index is 9.09. The van der Waals surface area contributed by atoms with Crippen molar-refractivity contribution in [2.24, 2.45) is 0 Å². The van der Waals surface area contributed by atoms with E-state index >= 15 is 0 Å². The number of hydrogen-bond acceptors (Lipinski definition) is 3. The third-order valence-electron chi connectivity index (χ3n) is 5.00. The molecule has 0 saturated heterocycles. The van der Waals surface area contributed by atoms with Crippen molar-refractivity contribution in [2.75, 3.05) is 11.9 Å². The summed E-state index contributed by atoms with van der Waals surface area (Å²) in [4.78, 5) is 2.10. The van der Waals surface area contributed by atoms with Crippen LogP contribution in [0.15, 0.2) is 36.4 Å². The van der Waals surface area contributed by atoms with E-state index in [2.05, 4.69) is 62.0 Å². The van der Waals surface area contributed by atoms with Crippen LogP contribution in [0.2, 0.25) is 5.02 Å². The zero-order valence-electron chi connectivity index (χ0n) is 16.3. The van der Waals surface area contributed by atoms with Gasteiger partial charge in [-0.1, -0.05) is 23.7 Å². The van der Waals surface area contributed by atoms with Crippen LogP contribution < -0.4 is 4.90 Å². The van der Waals surface area contributed by atoms with Crippen molar-refractivity contribution in [3.8, 4) is 17.2 Å². The van der Waals surface area contributed by atoms with Crippen LogP contribution in [0.1, 0.15) is 29.4 Å². The van der Waals surface area contributed by atoms with Gasteiger partial charge in [-0.15, -0.1) is 0 Å². The number of anilines is 2. The topological polar surface area (TPSA) is 44.9 Å². The first kappa shape index (κ1) is 19.0. The number of benzene rings is 2. The highest BCUT2D eigenvalue weighted by Gasteiger charge is 2.16. The SMILES string of the molecule is CCn1nc(C)c(-c2ccc(C)c(N(C)c3ccc(C#N)c(Cl)c3)c2)c1C. The molecule has 138 valence electrons. The van der Waals surface area contributed by atoms with E-state index in [4.69, 9.17) is 16.9 Å². The summed E-state index contributed by atoms with van der Waals surface area (Å²) in [5.41, 5.74) is 8.23. The Balaban J connectivity index is 2.08. The minimum absolute atomic E-state index is 0.464. The predicted molar refractivity (Wildman–Crippen MR) is 112 cm³/mol. The highest BCUT2D eigenvalue weighted by molar-refractivity contribution is 6.32. The first-order chi connectivity index (χ1) is 12.9. The second-order valence-corrected chi connectivity index (χ2v) is 7.11. The van der Waals surface area contributed by atoms with Gasteiger partial charge >= 0.3 is 0 Å². The fraction of sp³-hybridized carbons (Fsp3) is 0.273. The molecule has 0 N–H and O–H groups in total. The van der Waals surface area contributed by atoms with E-state index in [1.165, 1.54) is 16.8 Å². The molecule has 0 unspecified atom stereocenters. The second-order valence-electron chi connectivity index (χ2n) is 6.70. The van der Waals surface area contributed by atoms with Crippen LogP contribution in [0, 0.1) is 32.1 Å². The molecule has 0 amide bonds. The molecular weight excluding hydrogens is 356 g/mol. The van der Waals surface area contributed by atoms with E-state index in [-0.39, 0.29) is 0 Å². The molecule has 2 aromatic carbocycles. The van der Waals surface area contributed by atoms with Gasteiger partial charge in [-0.25, -0.2) is 0 Å². The number of aromatic nitrogens is 2. The van der Waals surface area contributed by atoms with Gasteiger partial charge in [-0.2, -0.15) is 10.4 Å². The average molecular weight is 379 g/mol. The van der Waals surface area contributed by atoms with E-state index in [1.54, 1.807) is 6.07 Å². The minimum atomic E-state index is 0.464. The molecule has 5 heteroatoms. The summed E-state index contributed by atoms with van der Waals surface area (Å²) in [5, 5.41) is 14.2. The van der Waals surface area contributed by atoms with Gasteiger partial charge in [0.25, 0.3) is 0 Å². The Kier molecular flexibility index (Phi) is 5.25. The Morgan fingerprint density at radius 2 is 1.89 bits per heavy atom. The lowest BCUT2D eigenvalue weighted by Crippen LogP contribution is -2.11. The number of nitriles is 1. The fourth-order valence-electron chi connectivity index (χ4n) is 3.49. The Hall–Kier alpha value is -2.77. The smallest absolute Gasteiger partial charge is 0.101 e. The van der Waals surface area contributed by atoms with Crippen molar-refractivity contribution in [3.63, 3.8) is 0 Å². The van der Waals surface area contributed by atoms with E-state index in [0.717, 1.165) is 29.2 Å². The Labute approximate surface area is 165 Å². The van der Waals surface area contributed by atoms with Gasteiger partial charge in [0.15, 0.2) is 0 Å². The minimum Gasteiger partial charge on any atom is -0.344 e. The van der Waals surface area contributed by atoms with Gasteiger partial charge < -0.3 is 4.90 Å². The van der Waals surface area contributed by atoms with Gasteiger partial charge in [0.05, 0.1) is 16.3 Å². The fourth-order valence-corrected chi connectivity index (χ4v) is 3.71. The Morgan fingerprint density at radius 3 is 2.48 bits per heavy atom. The van der Waals surface area contributed by atoms with Gasteiger partial charge in [-0.3, -0.25) is 4.68 Å². The van der Waals surface area contributed by atoms with Crippen LogP contribution in [0.3, 0.4) is 0 Å². The molecule has 27 heavy (non-hydrogen) atoms. The van der Waals surface area contributed by atoms with Gasteiger partial charge in [-0.05, 0) is 63.1 Å². The molecule has 0 atom stereocenters. The molecule has 0 radical (unpaired) electrons. The van der Waals surface area contributed by atoms with Crippen molar-refractivity contribution in [2.45, 2.75) is 34.2 Å². The first-order valence-electron chi connectivity index (χ1n) is 8.95. The van der Waals surface area contributed by atoms with Crippen LogP contribution in [-0.2, 0) is 6.54 Å². The maximum Gasteiger partial charge on any atom is 0.101 e. The molecule has 1 heterocycles. The lowest BCUT2D eigenvalue weighted by molar-refractivity contribution is 0.634. The van der Waals surface area contributed by atoms with Crippen molar-refractivity contribution >= 4 is 23.0 Å². The molecule has 1 aromatic heterocycles. The summed E-state index contributed by atoms with van der Waals surface area (Å²) < 4.78 is 2.04. The van der Waals surface area contributed by atoms with E-state index < -0.39 is 0 Å². The molecule has 0 bridgehead atoms. The van der Waals surface area contributed by atoms with Gasteiger partial charge in [0.2, 0.25) is 0 Å². The molecule has 0 fully saturated rings. The monoisotopic (exact) mass is 378 g/mol. The van der Waals surface area contributed by atoms with Gasteiger partial charge in [0.1, 0.15) is 6.07 Å². The predicted octanol–water partition coefficient (Wildman–Crippen LogP) is 5.79. The highest BCUT2D eigenvalue weighted by Crippen LogP contribution is 2.35. The summed E-state index contributed by atoms with van der Waals surface area (Å²) in [5.74, 6) is 0. The summed E-state index contributed by atoms with van der Waals surface area (Å²) >= 11 is 6.23. The number of rotatable bonds is 4.